The van der Waals surface area contributed by atoms with Crippen molar-refractivity contribution in [2.24, 2.45) is 0 Å². The maximum Gasteiger partial charge on any atom is 0.273 e. The topological polar surface area (TPSA) is 64.4 Å². The van der Waals surface area contributed by atoms with Crippen LogP contribution in [0.2, 0.25) is 5.02 Å². The summed E-state index contributed by atoms with van der Waals surface area (Å²) in [6.07, 6.45) is 0. The monoisotopic (exact) mass is 306 g/mol. The number of hydrogen-bond donors (Lipinski definition) is 1. The Morgan fingerprint density at radius 2 is 2.05 bits per heavy atom. The summed E-state index contributed by atoms with van der Waals surface area (Å²) in [6, 6.07) is 12.0. The highest BCUT2D eigenvalue weighted by atomic mass is 35.5. The Hall–Kier alpha value is -2.27. The summed E-state index contributed by atoms with van der Waals surface area (Å²) >= 11 is 5.98. The van der Waals surface area contributed by atoms with Crippen LogP contribution < -0.4 is 10.1 Å². The van der Waals surface area contributed by atoms with Gasteiger partial charge >= 0.3 is 0 Å². The molecule has 2 aromatic carbocycles. The van der Waals surface area contributed by atoms with E-state index in [2.05, 4.69) is 5.32 Å². The lowest BCUT2D eigenvalue weighted by atomic mass is 10.1. The highest BCUT2D eigenvalue weighted by Crippen LogP contribution is 2.32. The van der Waals surface area contributed by atoms with E-state index in [4.69, 9.17) is 16.3 Å². The van der Waals surface area contributed by atoms with Gasteiger partial charge < -0.3 is 10.1 Å². The molecule has 110 valence electrons. The minimum Gasteiger partial charge on any atom is -0.494 e. The normalized spacial score (nSPS) is 11.8. The molecule has 5 nitrogen and oxygen atoms in total. The van der Waals surface area contributed by atoms with Gasteiger partial charge in [0.25, 0.3) is 5.69 Å². The van der Waals surface area contributed by atoms with Crippen molar-refractivity contribution < 1.29 is 9.66 Å². The van der Waals surface area contributed by atoms with Crippen LogP contribution in [0, 0.1) is 10.1 Å². The number of benzene rings is 2. The van der Waals surface area contributed by atoms with E-state index in [1.165, 1.54) is 19.2 Å². The average Bonchev–Trinajstić information content (AvgIpc) is 2.47. The van der Waals surface area contributed by atoms with Crippen molar-refractivity contribution in [1.82, 2.24) is 0 Å². The molecule has 2 aromatic rings. The van der Waals surface area contributed by atoms with Crippen LogP contribution in [0.4, 0.5) is 11.4 Å². The summed E-state index contributed by atoms with van der Waals surface area (Å²) in [5.41, 5.74) is 1.70. The van der Waals surface area contributed by atoms with E-state index in [0.29, 0.717) is 16.5 Å². The molecule has 0 heterocycles. The molecule has 6 heteroatoms. The van der Waals surface area contributed by atoms with Gasteiger partial charge in [0.2, 0.25) is 0 Å². The number of nitro groups is 1. The molecule has 0 spiro atoms. The molecule has 0 bridgehead atoms. The van der Waals surface area contributed by atoms with Gasteiger partial charge in [-0.05, 0) is 30.7 Å². The van der Waals surface area contributed by atoms with Gasteiger partial charge in [0.1, 0.15) is 5.75 Å². The SMILES string of the molecule is COc1cc([N+](=O)[O-])ccc1NC(C)c1cccc(Cl)c1. The Labute approximate surface area is 127 Å². The second-order valence-corrected chi connectivity index (χ2v) is 5.00. The molecule has 0 saturated carbocycles. The van der Waals surface area contributed by atoms with Crippen LogP contribution in [-0.2, 0) is 0 Å². The zero-order chi connectivity index (χ0) is 15.4. The minimum absolute atomic E-state index is 0.00666. The van der Waals surface area contributed by atoms with Crippen LogP contribution in [0.5, 0.6) is 5.75 Å². The summed E-state index contributed by atoms with van der Waals surface area (Å²) < 4.78 is 5.20. The molecule has 0 amide bonds. The van der Waals surface area contributed by atoms with Gasteiger partial charge in [-0.1, -0.05) is 23.7 Å². The molecule has 1 atom stereocenters. The number of ether oxygens (including phenoxy) is 1. The molecule has 1 N–H and O–H groups in total. The molecule has 2 rings (SSSR count). The van der Waals surface area contributed by atoms with E-state index in [-0.39, 0.29) is 11.7 Å². The molecule has 0 aliphatic rings. The number of methoxy groups -OCH3 is 1. The molecule has 0 saturated heterocycles. The van der Waals surface area contributed by atoms with E-state index < -0.39 is 4.92 Å². The maximum atomic E-state index is 10.8. The Balaban J connectivity index is 2.24. The Morgan fingerprint density at radius 1 is 1.29 bits per heavy atom. The van der Waals surface area contributed by atoms with Gasteiger partial charge in [-0.3, -0.25) is 10.1 Å². The fourth-order valence-electron chi connectivity index (χ4n) is 2.01. The number of nitrogens with one attached hydrogen (secondary N) is 1. The summed E-state index contributed by atoms with van der Waals surface area (Å²) in [6.45, 7) is 1.98. The predicted octanol–water partition coefficient (Wildman–Crippen LogP) is 4.43. The lowest BCUT2D eigenvalue weighted by Gasteiger charge is -2.18. The van der Waals surface area contributed by atoms with Gasteiger partial charge in [0.15, 0.2) is 0 Å². The zero-order valence-electron chi connectivity index (χ0n) is 11.7. The number of nitro benzene ring substituents is 1. The first kappa shape index (κ1) is 15.1. The number of rotatable bonds is 5. The first-order valence-corrected chi connectivity index (χ1v) is 6.73. The van der Waals surface area contributed by atoms with E-state index in [0.717, 1.165) is 5.56 Å². The molecule has 1 unspecified atom stereocenters. The van der Waals surface area contributed by atoms with Crippen LogP contribution in [0.25, 0.3) is 0 Å². The van der Waals surface area contributed by atoms with E-state index >= 15 is 0 Å². The van der Waals surface area contributed by atoms with Crippen molar-refractivity contribution in [2.45, 2.75) is 13.0 Å². The highest BCUT2D eigenvalue weighted by molar-refractivity contribution is 6.30. The number of anilines is 1. The van der Waals surface area contributed by atoms with Gasteiger partial charge in [-0.15, -0.1) is 0 Å². The largest absolute Gasteiger partial charge is 0.494 e. The fourth-order valence-corrected chi connectivity index (χ4v) is 2.20. The van der Waals surface area contributed by atoms with Crippen molar-refractivity contribution in [3.63, 3.8) is 0 Å². The number of nitrogens with zero attached hydrogens (tertiary/aromatic N) is 1. The highest BCUT2D eigenvalue weighted by Gasteiger charge is 2.13. The second kappa shape index (κ2) is 6.45. The van der Waals surface area contributed by atoms with Crippen molar-refractivity contribution in [3.05, 3.63) is 63.2 Å². The van der Waals surface area contributed by atoms with Crippen molar-refractivity contribution in [1.29, 1.82) is 0 Å². The third-order valence-corrected chi connectivity index (χ3v) is 3.35. The Morgan fingerprint density at radius 3 is 2.67 bits per heavy atom. The lowest BCUT2D eigenvalue weighted by Crippen LogP contribution is -2.07. The maximum absolute atomic E-state index is 10.8. The van der Waals surface area contributed by atoms with Crippen LogP contribution in [0.3, 0.4) is 0 Å². The summed E-state index contributed by atoms with van der Waals surface area (Å²) in [4.78, 5) is 10.3. The summed E-state index contributed by atoms with van der Waals surface area (Å²) in [5.74, 6) is 0.429. The first-order valence-electron chi connectivity index (χ1n) is 6.35. The Kier molecular flexibility index (Phi) is 4.65. The average molecular weight is 307 g/mol. The first-order chi connectivity index (χ1) is 10.0. The van der Waals surface area contributed by atoms with E-state index in [9.17, 15) is 10.1 Å². The van der Waals surface area contributed by atoms with Gasteiger partial charge in [0.05, 0.1) is 23.8 Å². The quantitative estimate of drug-likeness (QED) is 0.655. The van der Waals surface area contributed by atoms with Gasteiger partial charge in [-0.25, -0.2) is 0 Å². The van der Waals surface area contributed by atoms with Crippen LogP contribution in [0.15, 0.2) is 42.5 Å². The summed E-state index contributed by atoms with van der Waals surface area (Å²) in [5, 5.41) is 14.7. The predicted molar refractivity (Wildman–Crippen MR) is 83.1 cm³/mol. The molecular formula is C15H15ClN2O3. The fraction of sp³-hybridized carbons (Fsp3) is 0.200. The van der Waals surface area contributed by atoms with Crippen molar-refractivity contribution in [3.8, 4) is 5.75 Å². The number of non-ortho nitro benzene ring substituents is 1. The number of halogens is 1. The molecular weight excluding hydrogens is 292 g/mol. The molecule has 0 aliphatic heterocycles. The standard InChI is InChI=1S/C15H15ClN2O3/c1-10(11-4-3-5-12(16)8-11)17-14-7-6-13(18(19)20)9-15(14)21-2/h3-10,17H,1-2H3. The molecule has 21 heavy (non-hydrogen) atoms. The Bertz CT molecular complexity index is 661. The molecule has 0 aromatic heterocycles. The minimum atomic E-state index is -0.452. The molecule has 0 radical (unpaired) electrons. The smallest absolute Gasteiger partial charge is 0.273 e. The van der Waals surface area contributed by atoms with Crippen molar-refractivity contribution >= 4 is 23.0 Å². The van der Waals surface area contributed by atoms with Gasteiger partial charge in [0, 0.05) is 17.1 Å². The van der Waals surface area contributed by atoms with E-state index in [1.54, 1.807) is 6.07 Å². The van der Waals surface area contributed by atoms with Crippen LogP contribution >= 0.6 is 11.6 Å². The molecule has 0 fully saturated rings. The molecule has 0 aliphatic carbocycles. The number of hydrogen-bond acceptors (Lipinski definition) is 4. The zero-order valence-corrected chi connectivity index (χ0v) is 12.4. The lowest BCUT2D eigenvalue weighted by molar-refractivity contribution is -0.384. The van der Waals surface area contributed by atoms with E-state index in [1.807, 2.05) is 31.2 Å². The van der Waals surface area contributed by atoms with Crippen LogP contribution in [0.1, 0.15) is 18.5 Å². The van der Waals surface area contributed by atoms with Crippen LogP contribution in [-0.4, -0.2) is 12.0 Å². The second-order valence-electron chi connectivity index (χ2n) is 4.56. The third kappa shape index (κ3) is 3.64. The summed E-state index contributed by atoms with van der Waals surface area (Å²) in [7, 11) is 1.48. The van der Waals surface area contributed by atoms with Gasteiger partial charge in [-0.2, -0.15) is 0 Å². The van der Waals surface area contributed by atoms with Crippen molar-refractivity contribution in [2.75, 3.05) is 12.4 Å². The third-order valence-electron chi connectivity index (χ3n) is 3.12.